The molecule has 0 aromatic rings. The zero-order valence-corrected chi connectivity index (χ0v) is 7.85. The fourth-order valence-corrected chi connectivity index (χ4v) is 0.825. The Labute approximate surface area is 79.9 Å². The highest BCUT2D eigenvalue weighted by Gasteiger charge is 2.31. The minimum atomic E-state index is -4.30. The van der Waals surface area contributed by atoms with Gasteiger partial charge in [-0.25, -0.2) is 0 Å². The van der Waals surface area contributed by atoms with Crippen molar-refractivity contribution in [1.82, 2.24) is 5.32 Å². The molecular weight excluding hydrogens is 197 g/mol. The second-order valence-electron chi connectivity index (χ2n) is 3.08. The van der Waals surface area contributed by atoms with Gasteiger partial charge < -0.3 is 5.32 Å². The van der Waals surface area contributed by atoms with E-state index in [2.05, 4.69) is 5.32 Å². The summed E-state index contributed by atoms with van der Waals surface area (Å²) in [6.07, 6.45) is -5.39. The number of rotatable bonds is 3. The van der Waals surface area contributed by atoms with Crippen LogP contribution < -0.4 is 5.32 Å². The largest absolute Gasteiger partial charge is 0.391 e. The lowest BCUT2D eigenvalue weighted by molar-refractivity contribution is -0.141. The summed E-state index contributed by atoms with van der Waals surface area (Å²) in [6, 6.07) is 0.638. The number of carbonyl (C=O) groups excluding carboxylic acids is 1. The number of nitrogens with one attached hydrogen (secondary N) is 1. The van der Waals surface area contributed by atoms with E-state index in [9.17, 15) is 18.0 Å². The number of carbonyl (C=O) groups is 1. The third-order valence-electron chi connectivity index (χ3n) is 1.51. The van der Waals surface area contributed by atoms with Crippen LogP contribution >= 0.6 is 0 Å². The van der Waals surface area contributed by atoms with Crippen LogP contribution in [0.5, 0.6) is 0 Å². The third-order valence-corrected chi connectivity index (χ3v) is 1.51. The second kappa shape index (κ2) is 4.84. The van der Waals surface area contributed by atoms with Gasteiger partial charge in [-0.3, -0.25) is 4.79 Å². The van der Waals surface area contributed by atoms with Crippen molar-refractivity contribution in [1.29, 1.82) is 5.26 Å². The molecule has 0 bridgehead atoms. The number of hydrogen-bond acceptors (Lipinski definition) is 2. The van der Waals surface area contributed by atoms with Crippen LogP contribution in [0, 0.1) is 17.2 Å². The Morgan fingerprint density at radius 3 is 2.36 bits per heavy atom. The smallest absolute Gasteiger partial charge is 0.352 e. The van der Waals surface area contributed by atoms with Crippen LogP contribution in [-0.4, -0.2) is 18.1 Å². The summed E-state index contributed by atoms with van der Waals surface area (Å²) in [6.45, 7) is 2.57. The molecule has 0 fully saturated rings. The first-order valence-electron chi connectivity index (χ1n) is 4.03. The molecule has 0 aliphatic rings. The van der Waals surface area contributed by atoms with E-state index in [0.717, 1.165) is 0 Å². The SMILES string of the molecule is CC(CC(F)(F)F)NC(=O)C(C)C#N. The van der Waals surface area contributed by atoms with Crippen molar-refractivity contribution in [2.75, 3.05) is 0 Å². The van der Waals surface area contributed by atoms with Crippen LogP contribution in [0.4, 0.5) is 13.2 Å². The van der Waals surface area contributed by atoms with Crippen molar-refractivity contribution >= 4 is 5.91 Å². The Morgan fingerprint density at radius 1 is 1.50 bits per heavy atom. The summed E-state index contributed by atoms with van der Waals surface area (Å²) >= 11 is 0. The number of hydrogen-bond donors (Lipinski definition) is 1. The fourth-order valence-electron chi connectivity index (χ4n) is 0.825. The van der Waals surface area contributed by atoms with Gasteiger partial charge >= 0.3 is 6.18 Å². The maximum Gasteiger partial charge on any atom is 0.391 e. The van der Waals surface area contributed by atoms with Crippen LogP contribution in [0.25, 0.3) is 0 Å². The molecule has 6 heteroatoms. The average Bonchev–Trinajstić information content (AvgIpc) is 1.99. The van der Waals surface area contributed by atoms with E-state index in [0.29, 0.717) is 0 Å². The number of halogens is 3. The van der Waals surface area contributed by atoms with Crippen LogP contribution in [0.3, 0.4) is 0 Å². The summed E-state index contributed by atoms with van der Waals surface area (Å²) in [7, 11) is 0. The van der Waals surface area contributed by atoms with E-state index >= 15 is 0 Å². The van der Waals surface area contributed by atoms with Gasteiger partial charge in [0.25, 0.3) is 0 Å². The lowest BCUT2D eigenvalue weighted by Crippen LogP contribution is -2.38. The van der Waals surface area contributed by atoms with Crippen LogP contribution in [0.15, 0.2) is 0 Å². The first kappa shape index (κ1) is 12.8. The molecular formula is C8H11F3N2O. The molecule has 1 N–H and O–H groups in total. The zero-order chi connectivity index (χ0) is 11.4. The van der Waals surface area contributed by atoms with Gasteiger partial charge in [0.05, 0.1) is 12.5 Å². The highest BCUT2D eigenvalue weighted by atomic mass is 19.4. The van der Waals surface area contributed by atoms with E-state index in [1.807, 2.05) is 0 Å². The molecule has 0 saturated carbocycles. The minimum absolute atomic E-state index is 0.677. The van der Waals surface area contributed by atoms with Crippen molar-refractivity contribution in [3.63, 3.8) is 0 Å². The molecule has 0 saturated heterocycles. The van der Waals surface area contributed by atoms with Gasteiger partial charge in [0.15, 0.2) is 0 Å². The van der Waals surface area contributed by atoms with Crippen molar-refractivity contribution in [3.05, 3.63) is 0 Å². The van der Waals surface area contributed by atoms with E-state index < -0.39 is 30.5 Å². The van der Waals surface area contributed by atoms with Crippen LogP contribution in [-0.2, 0) is 4.79 Å². The number of nitriles is 1. The molecule has 1 amide bonds. The highest BCUT2D eigenvalue weighted by molar-refractivity contribution is 5.80. The second-order valence-corrected chi connectivity index (χ2v) is 3.08. The maximum absolute atomic E-state index is 11.8. The first-order valence-corrected chi connectivity index (χ1v) is 4.03. The van der Waals surface area contributed by atoms with Crippen molar-refractivity contribution < 1.29 is 18.0 Å². The Bertz CT molecular complexity index is 244. The molecule has 2 unspecified atom stereocenters. The molecule has 0 radical (unpaired) electrons. The molecule has 0 aromatic carbocycles. The number of nitrogens with zero attached hydrogens (tertiary/aromatic N) is 1. The molecule has 0 spiro atoms. The van der Waals surface area contributed by atoms with Crippen molar-refractivity contribution in [3.8, 4) is 6.07 Å². The Hall–Kier alpha value is -1.25. The summed E-state index contributed by atoms with van der Waals surface area (Å²) in [5, 5.41) is 10.4. The topological polar surface area (TPSA) is 52.9 Å². The summed E-state index contributed by atoms with van der Waals surface area (Å²) in [5.74, 6) is -1.60. The standard InChI is InChI=1S/C8H11F3N2O/c1-5(4-12)7(14)13-6(2)3-8(9,10)11/h5-6H,3H2,1-2H3,(H,13,14). The van der Waals surface area contributed by atoms with Gasteiger partial charge in [0, 0.05) is 6.04 Å². The van der Waals surface area contributed by atoms with Gasteiger partial charge in [0.2, 0.25) is 5.91 Å². The van der Waals surface area contributed by atoms with Crippen molar-refractivity contribution in [2.45, 2.75) is 32.5 Å². The van der Waals surface area contributed by atoms with E-state index in [1.54, 1.807) is 6.07 Å². The average molecular weight is 208 g/mol. The number of alkyl halides is 3. The Balaban J connectivity index is 4.02. The molecule has 2 atom stereocenters. The van der Waals surface area contributed by atoms with E-state index in [-0.39, 0.29) is 0 Å². The highest BCUT2D eigenvalue weighted by Crippen LogP contribution is 2.21. The molecule has 0 rings (SSSR count). The van der Waals surface area contributed by atoms with Crippen molar-refractivity contribution in [2.24, 2.45) is 5.92 Å². The lowest BCUT2D eigenvalue weighted by atomic mass is 10.1. The molecule has 0 aromatic heterocycles. The van der Waals surface area contributed by atoms with E-state index in [4.69, 9.17) is 5.26 Å². The summed E-state index contributed by atoms with van der Waals surface area (Å²) in [4.78, 5) is 11.0. The minimum Gasteiger partial charge on any atom is -0.352 e. The Morgan fingerprint density at radius 2 is 2.00 bits per heavy atom. The fraction of sp³-hybridized carbons (Fsp3) is 0.750. The predicted molar refractivity (Wildman–Crippen MR) is 43.1 cm³/mol. The molecule has 0 aliphatic carbocycles. The first-order chi connectivity index (χ1) is 6.26. The lowest BCUT2D eigenvalue weighted by Gasteiger charge is -2.16. The Kier molecular flexibility index (Phi) is 4.41. The van der Waals surface area contributed by atoms with Gasteiger partial charge in [0.1, 0.15) is 5.92 Å². The van der Waals surface area contributed by atoms with Gasteiger partial charge in [-0.1, -0.05) is 0 Å². The summed E-state index contributed by atoms with van der Waals surface area (Å²) < 4.78 is 35.5. The molecule has 3 nitrogen and oxygen atoms in total. The van der Waals surface area contributed by atoms with Gasteiger partial charge in [-0.15, -0.1) is 0 Å². The molecule has 80 valence electrons. The molecule has 14 heavy (non-hydrogen) atoms. The van der Waals surface area contributed by atoms with Gasteiger partial charge in [-0.05, 0) is 13.8 Å². The predicted octanol–water partition coefficient (Wildman–Crippen LogP) is 1.60. The zero-order valence-electron chi connectivity index (χ0n) is 7.85. The third kappa shape index (κ3) is 5.41. The maximum atomic E-state index is 11.8. The van der Waals surface area contributed by atoms with Crippen LogP contribution in [0.1, 0.15) is 20.3 Å². The quantitative estimate of drug-likeness (QED) is 0.765. The summed E-state index contributed by atoms with van der Waals surface area (Å²) in [5.41, 5.74) is 0. The monoisotopic (exact) mass is 208 g/mol. The molecule has 0 aliphatic heterocycles. The normalized spacial score (nSPS) is 15.4. The van der Waals surface area contributed by atoms with Crippen LogP contribution in [0.2, 0.25) is 0 Å². The van der Waals surface area contributed by atoms with Gasteiger partial charge in [-0.2, -0.15) is 18.4 Å². The molecule has 0 heterocycles. The van der Waals surface area contributed by atoms with E-state index in [1.165, 1.54) is 13.8 Å². The number of amides is 1.